The molecule has 1 aromatic rings. The highest BCUT2D eigenvalue weighted by molar-refractivity contribution is 6.61. The summed E-state index contributed by atoms with van der Waals surface area (Å²) in [6, 6.07) is 3.45. The second-order valence-electron chi connectivity index (χ2n) is 6.68. The molecule has 0 unspecified atom stereocenters. The molecule has 0 bridgehead atoms. The fourth-order valence-corrected chi connectivity index (χ4v) is 2.14. The molecule has 5 nitrogen and oxygen atoms in total. The van der Waals surface area contributed by atoms with Gasteiger partial charge in [-0.25, -0.2) is 0 Å². The zero-order valence-electron chi connectivity index (χ0n) is 12.9. The van der Waals surface area contributed by atoms with Gasteiger partial charge in [-0.15, -0.1) is 0 Å². The van der Waals surface area contributed by atoms with Crippen LogP contribution in [-0.2, 0) is 9.31 Å². The maximum atomic E-state index is 11.1. The number of carbonyl (C=O) groups is 1. The molecule has 0 spiro atoms. The average Bonchev–Trinajstić information content (AvgIpc) is 3.16. The van der Waals surface area contributed by atoms with E-state index in [0.717, 1.165) is 12.8 Å². The van der Waals surface area contributed by atoms with Crippen LogP contribution >= 0.6 is 0 Å². The van der Waals surface area contributed by atoms with E-state index in [9.17, 15) is 4.79 Å². The largest absolute Gasteiger partial charge is 0.514 e. The zero-order valence-corrected chi connectivity index (χ0v) is 12.9. The number of hydrogen-bond acceptors (Lipinski definition) is 5. The van der Waals surface area contributed by atoms with Gasteiger partial charge in [0.05, 0.1) is 22.9 Å². The smallest absolute Gasteiger partial charge is 0.490 e. The van der Waals surface area contributed by atoms with Crippen molar-refractivity contribution >= 4 is 19.0 Å². The molecule has 0 N–H and O–H groups in total. The van der Waals surface area contributed by atoms with Crippen LogP contribution in [0, 0.1) is 0 Å². The van der Waals surface area contributed by atoms with Gasteiger partial charge in [-0.1, -0.05) is 0 Å². The lowest BCUT2D eigenvalue weighted by atomic mass is 9.84. The van der Waals surface area contributed by atoms with Gasteiger partial charge in [-0.3, -0.25) is 9.78 Å². The Kier molecular flexibility index (Phi) is 3.33. The monoisotopic (exact) mass is 289 g/mol. The first-order valence-corrected chi connectivity index (χ1v) is 7.30. The highest BCUT2D eigenvalue weighted by Gasteiger charge is 2.52. The summed E-state index contributed by atoms with van der Waals surface area (Å²) in [6.07, 6.45) is 3.10. The minimum absolute atomic E-state index is 0.262. The van der Waals surface area contributed by atoms with E-state index in [1.807, 2.05) is 27.7 Å². The second-order valence-corrected chi connectivity index (χ2v) is 6.68. The van der Waals surface area contributed by atoms with Crippen molar-refractivity contribution in [1.29, 1.82) is 0 Å². The van der Waals surface area contributed by atoms with Crippen molar-refractivity contribution in [3.8, 4) is 5.75 Å². The molecule has 112 valence electrons. The van der Waals surface area contributed by atoms with Crippen molar-refractivity contribution in [3.63, 3.8) is 0 Å². The SMILES string of the molecule is CC1(C)OB(c2cc(OC3CC3)cc(C=O)n2)OC1(C)C. The van der Waals surface area contributed by atoms with Crippen molar-refractivity contribution in [2.24, 2.45) is 0 Å². The standard InChI is InChI=1S/C15H20BNO4/c1-14(2)15(3,4)21-16(20-14)13-8-12(19-11-5-6-11)7-10(9-18)17-13/h7-9,11H,5-6H2,1-4H3. The Labute approximate surface area is 125 Å². The number of ether oxygens (including phenoxy) is 1. The summed E-state index contributed by atoms with van der Waals surface area (Å²) in [5.41, 5.74) is 0.0361. The molecule has 3 rings (SSSR count). The third-order valence-electron chi connectivity index (χ3n) is 4.28. The molecule has 0 amide bonds. The fourth-order valence-electron chi connectivity index (χ4n) is 2.14. The van der Waals surface area contributed by atoms with Crippen molar-refractivity contribution in [1.82, 2.24) is 4.98 Å². The summed E-state index contributed by atoms with van der Waals surface area (Å²) in [5, 5.41) is 0. The fraction of sp³-hybridized carbons (Fsp3) is 0.600. The minimum atomic E-state index is -0.587. The van der Waals surface area contributed by atoms with E-state index in [0.29, 0.717) is 23.3 Å². The summed E-state index contributed by atoms with van der Waals surface area (Å²) in [6.45, 7) is 7.94. The Morgan fingerprint density at radius 1 is 1.24 bits per heavy atom. The number of aromatic nitrogens is 1. The van der Waals surface area contributed by atoms with Crippen LogP contribution in [0.5, 0.6) is 5.75 Å². The van der Waals surface area contributed by atoms with Crippen LogP contribution in [-0.4, -0.2) is 35.7 Å². The second kappa shape index (κ2) is 4.82. The van der Waals surface area contributed by atoms with Gasteiger partial charge >= 0.3 is 7.12 Å². The molecule has 0 radical (unpaired) electrons. The van der Waals surface area contributed by atoms with E-state index in [4.69, 9.17) is 14.0 Å². The number of hydrogen-bond donors (Lipinski definition) is 0. The van der Waals surface area contributed by atoms with E-state index < -0.39 is 18.3 Å². The molecule has 1 saturated heterocycles. The number of pyridine rings is 1. The summed E-state index contributed by atoms with van der Waals surface area (Å²) in [4.78, 5) is 15.4. The molecule has 6 heteroatoms. The van der Waals surface area contributed by atoms with Gasteiger partial charge in [0.25, 0.3) is 0 Å². The molecule has 0 aromatic carbocycles. The molecule has 2 aliphatic rings. The molecule has 0 atom stereocenters. The molecule has 1 saturated carbocycles. The van der Waals surface area contributed by atoms with Gasteiger partial charge in [-0.05, 0) is 46.6 Å². The molecule has 1 aliphatic heterocycles. The van der Waals surface area contributed by atoms with Crippen LogP contribution < -0.4 is 10.3 Å². The summed E-state index contributed by atoms with van der Waals surface area (Å²) < 4.78 is 17.7. The van der Waals surface area contributed by atoms with Gasteiger partial charge in [0.2, 0.25) is 0 Å². The Balaban J connectivity index is 1.89. The number of nitrogens with zero attached hydrogens (tertiary/aromatic N) is 1. The minimum Gasteiger partial charge on any atom is -0.490 e. The predicted molar refractivity (Wildman–Crippen MR) is 79.0 cm³/mol. The maximum Gasteiger partial charge on any atom is 0.514 e. The molecule has 21 heavy (non-hydrogen) atoms. The summed E-state index contributed by atoms with van der Waals surface area (Å²) in [7, 11) is -0.587. The highest BCUT2D eigenvalue weighted by Crippen LogP contribution is 2.36. The molecular weight excluding hydrogens is 269 g/mol. The van der Waals surface area contributed by atoms with Crippen molar-refractivity contribution < 1.29 is 18.8 Å². The molecule has 2 heterocycles. The molecular formula is C15H20BNO4. The van der Waals surface area contributed by atoms with Gasteiger partial charge < -0.3 is 14.0 Å². The van der Waals surface area contributed by atoms with Gasteiger partial charge in [0.15, 0.2) is 6.29 Å². The van der Waals surface area contributed by atoms with Gasteiger partial charge in [0.1, 0.15) is 11.4 Å². The van der Waals surface area contributed by atoms with Crippen LogP contribution in [0.3, 0.4) is 0 Å². The molecule has 1 aliphatic carbocycles. The topological polar surface area (TPSA) is 57.7 Å². The van der Waals surface area contributed by atoms with Crippen LogP contribution in [0.15, 0.2) is 12.1 Å². The number of aldehydes is 1. The first-order valence-electron chi connectivity index (χ1n) is 7.30. The number of rotatable bonds is 4. The summed E-state index contributed by atoms with van der Waals surface area (Å²) >= 11 is 0. The van der Waals surface area contributed by atoms with E-state index in [1.165, 1.54) is 0 Å². The van der Waals surface area contributed by atoms with Crippen LogP contribution in [0.4, 0.5) is 0 Å². The lowest BCUT2D eigenvalue weighted by Crippen LogP contribution is -2.41. The first-order chi connectivity index (χ1) is 9.80. The van der Waals surface area contributed by atoms with Crippen molar-refractivity contribution in [2.75, 3.05) is 0 Å². The first kappa shape index (κ1) is 14.5. The van der Waals surface area contributed by atoms with Crippen molar-refractivity contribution in [3.05, 3.63) is 17.8 Å². The van der Waals surface area contributed by atoms with Crippen LogP contribution in [0.1, 0.15) is 51.0 Å². The number of carbonyl (C=O) groups excluding carboxylic acids is 1. The van der Waals surface area contributed by atoms with Gasteiger partial charge in [0, 0.05) is 6.07 Å². The van der Waals surface area contributed by atoms with E-state index in [2.05, 4.69) is 4.98 Å². The molecule has 2 fully saturated rings. The zero-order chi connectivity index (χ0) is 15.3. The molecule has 1 aromatic heterocycles. The Morgan fingerprint density at radius 2 is 1.86 bits per heavy atom. The lowest BCUT2D eigenvalue weighted by molar-refractivity contribution is 0.00578. The van der Waals surface area contributed by atoms with E-state index >= 15 is 0 Å². The maximum absolute atomic E-state index is 11.1. The predicted octanol–water partition coefficient (Wildman–Crippen LogP) is 1.73. The van der Waals surface area contributed by atoms with E-state index in [-0.39, 0.29) is 6.10 Å². The van der Waals surface area contributed by atoms with Crippen molar-refractivity contribution in [2.45, 2.75) is 57.8 Å². The van der Waals surface area contributed by atoms with E-state index in [1.54, 1.807) is 12.1 Å². The Morgan fingerprint density at radius 3 is 2.38 bits per heavy atom. The third-order valence-corrected chi connectivity index (χ3v) is 4.28. The van der Waals surface area contributed by atoms with Crippen LogP contribution in [0.25, 0.3) is 0 Å². The Hall–Kier alpha value is -1.40. The average molecular weight is 289 g/mol. The normalized spacial score (nSPS) is 23.1. The van der Waals surface area contributed by atoms with Gasteiger partial charge in [-0.2, -0.15) is 0 Å². The summed E-state index contributed by atoms with van der Waals surface area (Å²) in [5.74, 6) is 0.652. The quantitative estimate of drug-likeness (QED) is 0.624. The Bertz CT molecular complexity index is 553. The lowest BCUT2D eigenvalue weighted by Gasteiger charge is -2.32. The third kappa shape index (κ3) is 2.83. The highest BCUT2D eigenvalue weighted by atomic mass is 16.7. The van der Waals surface area contributed by atoms with Crippen LogP contribution in [0.2, 0.25) is 0 Å².